The molecular formula is C17H18BrNO2S. The summed E-state index contributed by atoms with van der Waals surface area (Å²) in [6.45, 7) is 2.52. The minimum atomic E-state index is -0.471. The van der Waals surface area contributed by atoms with Crippen LogP contribution in [0.5, 0.6) is 5.75 Å². The van der Waals surface area contributed by atoms with E-state index in [0.29, 0.717) is 12.6 Å². The lowest BCUT2D eigenvalue weighted by Crippen LogP contribution is -2.41. The van der Waals surface area contributed by atoms with Crippen molar-refractivity contribution >= 4 is 33.2 Å². The van der Waals surface area contributed by atoms with Crippen molar-refractivity contribution in [2.24, 2.45) is 0 Å². The molecule has 2 aromatic rings. The van der Waals surface area contributed by atoms with Gasteiger partial charge < -0.3 is 9.64 Å². The van der Waals surface area contributed by atoms with Gasteiger partial charge in [-0.2, -0.15) is 0 Å². The summed E-state index contributed by atoms with van der Waals surface area (Å²) in [5.74, 6) is 0.787. The van der Waals surface area contributed by atoms with E-state index in [-0.39, 0.29) is 5.91 Å². The molecule has 1 atom stereocenters. The zero-order valence-corrected chi connectivity index (χ0v) is 14.8. The van der Waals surface area contributed by atoms with Crippen LogP contribution in [-0.4, -0.2) is 23.0 Å². The molecule has 1 heterocycles. The number of rotatable bonds is 6. The van der Waals surface area contributed by atoms with Crippen LogP contribution in [0, 0.1) is 0 Å². The smallest absolute Gasteiger partial charge is 0.263 e. The van der Waals surface area contributed by atoms with Gasteiger partial charge in [-0.15, -0.1) is 11.3 Å². The number of carbonyl (C=O) groups is 1. The van der Waals surface area contributed by atoms with Gasteiger partial charge in [0.05, 0.1) is 6.54 Å². The molecule has 5 heteroatoms. The summed E-state index contributed by atoms with van der Waals surface area (Å²) >= 11 is 5.09. The number of amides is 1. The van der Waals surface area contributed by atoms with Crippen LogP contribution in [0.3, 0.4) is 0 Å². The van der Waals surface area contributed by atoms with Crippen LogP contribution in [-0.2, 0) is 11.3 Å². The van der Waals surface area contributed by atoms with Crippen LogP contribution in [0.4, 0.5) is 0 Å². The second kappa shape index (κ2) is 6.84. The number of thiophene rings is 1. The lowest BCUT2D eigenvalue weighted by atomic mass is 10.3. The quantitative estimate of drug-likeness (QED) is 0.740. The van der Waals surface area contributed by atoms with Crippen LogP contribution in [0.2, 0.25) is 0 Å². The molecule has 0 bridgehead atoms. The lowest BCUT2D eigenvalue weighted by Gasteiger charge is -2.25. The minimum absolute atomic E-state index is 0.0684. The molecule has 116 valence electrons. The van der Waals surface area contributed by atoms with E-state index in [1.807, 2.05) is 47.5 Å². The highest BCUT2D eigenvalue weighted by Crippen LogP contribution is 2.30. The summed E-state index contributed by atoms with van der Waals surface area (Å²) in [6.07, 6.45) is 1.73. The van der Waals surface area contributed by atoms with Gasteiger partial charge in [-0.1, -0.05) is 22.0 Å². The van der Waals surface area contributed by atoms with Crippen LogP contribution < -0.4 is 4.74 Å². The van der Waals surface area contributed by atoms with Crippen molar-refractivity contribution in [2.45, 2.75) is 38.5 Å². The zero-order valence-electron chi connectivity index (χ0n) is 12.4. The first kappa shape index (κ1) is 15.6. The van der Waals surface area contributed by atoms with Gasteiger partial charge in [0, 0.05) is 15.4 Å². The number of hydrogen-bond donors (Lipinski definition) is 0. The Morgan fingerprint density at radius 1 is 1.36 bits per heavy atom. The molecule has 1 aliphatic rings. The first-order chi connectivity index (χ1) is 10.6. The fraction of sp³-hybridized carbons (Fsp3) is 0.353. The van der Waals surface area contributed by atoms with Crippen molar-refractivity contribution in [3.05, 3.63) is 51.1 Å². The molecule has 1 aliphatic carbocycles. The predicted molar refractivity (Wildman–Crippen MR) is 92.1 cm³/mol. The first-order valence-corrected chi connectivity index (χ1v) is 9.06. The summed E-state index contributed by atoms with van der Waals surface area (Å²) in [4.78, 5) is 15.9. The third-order valence-corrected chi connectivity index (χ3v) is 5.04. The Morgan fingerprint density at radius 2 is 2.09 bits per heavy atom. The summed E-state index contributed by atoms with van der Waals surface area (Å²) in [7, 11) is 0. The van der Waals surface area contributed by atoms with Gasteiger partial charge in [0.15, 0.2) is 6.10 Å². The molecule has 0 spiro atoms. The summed E-state index contributed by atoms with van der Waals surface area (Å²) in [6, 6.07) is 12.0. The Labute approximate surface area is 143 Å². The Kier molecular flexibility index (Phi) is 4.84. The van der Waals surface area contributed by atoms with Crippen molar-refractivity contribution in [1.29, 1.82) is 0 Å². The predicted octanol–water partition coefficient (Wildman–Crippen LogP) is 4.47. The Morgan fingerprint density at radius 3 is 2.68 bits per heavy atom. The van der Waals surface area contributed by atoms with Gasteiger partial charge in [0.2, 0.25) is 0 Å². The molecule has 1 aromatic heterocycles. The highest BCUT2D eigenvalue weighted by atomic mass is 79.9. The van der Waals surface area contributed by atoms with Crippen LogP contribution in [0.15, 0.2) is 46.3 Å². The third kappa shape index (κ3) is 3.90. The number of ether oxygens (including phenoxy) is 1. The normalized spacial score (nSPS) is 15.4. The SMILES string of the molecule is CC(Oc1ccc(Br)cc1)C(=O)N(Cc1cccs1)C1CC1. The summed E-state index contributed by atoms with van der Waals surface area (Å²) in [5, 5.41) is 2.05. The van der Waals surface area contributed by atoms with E-state index in [4.69, 9.17) is 4.74 Å². The first-order valence-electron chi connectivity index (χ1n) is 7.38. The molecule has 1 saturated carbocycles. The van der Waals surface area contributed by atoms with Crippen molar-refractivity contribution < 1.29 is 9.53 Å². The maximum atomic E-state index is 12.7. The molecule has 0 N–H and O–H groups in total. The molecule has 0 radical (unpaired) electrons. The van der Waals surface area contributed by atoms with Crippen molar-refractivity contribution in [3.8, 4) is 5.75 Å². The molecular weight excluding hydrogens is 362 g/mol. The van der Waals surface area contributed by atoms with E-state index in [1.165, 1.54) is 4.88 Å². The van der Waals surface area contributed by atoms with E-state index >= 15 is 0 Å². The van der Waals surface area contributed by atoms with Gasteiger partial charge in [-0.3, -0.25) is 4.79 Å². The highest BCUT2D eigenvalue weighted by molar-refractivity contribution is 9.10. The van der Waals surface area contributed by atoms with E-state index in [0.717, 1.165) is 23.1 Å². The number of carbonyl (C=O) groups excluding carboxylic acids is 1. The van der Waals surface area contributed by atoms with Crippen LogP contribution in [0.1, 0.15) is 24.6 Å². The molecule has 3 nitrogen and oxygen atoms in total. The van der Waals surface area contributed by atoms with Crippen molar-refractivity contribution in [2.75, 3.05) is 0 Å². The fourth-order valence-corrected chi connectivity index (χ4v) is 3.31. The van der Waals surface area contributed by atoms with E-state index in [2.05, 4.69) is 22.0 Å². The minimum Gasteiger partial charge on any atom is -0.481 e. The monoisotopic (exact) mass is 379 g/mol. The van der Waals surface area contributed by atoms with E-state index in [9.17, 15) is 4.79 Å². The number of hydrogen-bond acceptors (Lipinski definition) is 3. The molecule has 0 aliphatic heterocycles. The van der Waals surface area contributed by atoms with E-state index < -0.39 is 6.10 Å². The van der Waals surface area contributed by atoms with E-state index in [1.54, 1.807) is 11.3 Å². The number of nitrogens with zero attached hydrogens (tertiary/aromatic N) is 1. The fourth-order valence-electron chi connectivity index (χ4n) is 2.34. The molecule has 1 aromatic carbocycles. The molecule has 1 amide bonds. The maximum absolute atomic E-state index is 12.7. The number of halogens is 1. The number of benzene rings is 1. The maximum Gasteiger partial charge on any atom is 0.263 e. The largest absolute Gasteiger partial charge is 0.481 e. The van der Waals surface area contributed by atoms with Gasteiger partial charge >= 0.3 is 0 Å². The van der Waals surface area contributed by atoms with Crippen molar-refractivity contribution in [3.63, 3.8) is 0 Å². The molecule has 22 heavy (non-hydrogen) atoms. The second-order valence-corrected chi connectivity index (χ2v) is 7.44. The summed E-state index contributed by atoms with van der Waals surface area (Å²) in [5.41, 5.74) is 0. The highest BCUT2D eigenvalue weighted by Gasteiger charge is 2.35. The topological polar surface area (TPSA) is 29.5 Å². The van der Waals surface area contributed by atoms with Crippen molar-refractivity contribution in [1.82, 2.24) is 4.90 Å². The zero-order chi connectivity index (χ0) is 15.5. The Balaban J connectivity index is 1.65. The Hall–Kier alpha value is -1.33. The standard InChI is InChI=1S/C17H18BrNO2S/c1-12(21-15-8-4-13(18)5-9-15)17(20)19(14-6-7-14)11-16-3-2-10-22-16/h2-5,8-10,12,14H,6-7,11H2,1H3. The average Bonchev–Trinajstić information content (AvgIpc) is 3.23. The van der Waals surface area contributed by atoms with Gasteiger partial charge in [0.1, 0.15) is 5.75 Å². The third-order valence-electron chi connectivity index (χ3n) is 3.65. The van der Waals surface area contributed by atoms with Gasteiger partial charge in [0.25, 0.3) is 5.91 Å². The van der Waals surface area contributed by atoms with Crippen LogP contribution >= 0.6 is 27.3 Å². The summed E-state index contributed by atoms with van der Waals surface area (Å²) < 4.78 is 6.80. The second-order valence-electron chi connectivity index (χ2n) is 5.49. The lowest BCUT2D eigenvalue weighted by molar-refractivity contribution is -0.139. The molecule has 3 rings (SSSR count). The van der Waals surface area contributed by atoms with Gasteiger partial charge in [-0.05, 0) is 55.5 Å². The Bertz CT molecular complexity index is 623. The molecule has 1 fully saturated rings. The average molecular weight is 380 g/mol. The van der Waals surface area contributed by atoms with Gasteiger partial charge in [-0.25, -0.2) is 0 Å². The van der Waals surface area contributed by atoms with Crippen LogP contribution in [0.25, 0.3) is 0 Å². The molecule has 1 unspecified atom stereocenters. The molecule has 0 saturated heterocycles.